The number of hydrogen-bond acceptors (Lipinski definition) is 4. The van der Waals surface area contributed by atoms with Crippen molar-refractivity contribution in [2.75, 3.05) is 0 Å². The highest BCUT2D eigenvalue weighted by atomic mass is 16.5. The first-order valence-electron chi connectivity index (χ1n) is 9.39. The largest absolute Gasteiger partial charge is 0.491 e. The zero-order valence-corrected chi connectivity index (χ0v) is 16.4. The molecule has 0 atom stereocenters. The van der Waals surface area contributed by atoms with E-state index >= 15 is 0 Å². The minimum Gasteiger partial charge on any atom is -0.491 e. The summed E-state index contributed by atoms with van der Waals surface area (Å²) < 4.78 is 5.63. The van der Waals surface area contributed by atoms with Crippen LogP contribution in [0.15, 0.2) is 71.0 Å². The van der Waals surface area contributed by atoms with Gasteiger partial charge in [0.25, 0.3) is 0 Å². The quantitative estimate of drug-likeness (QED) is 0.437. The molecule has 2 rings (SSSR count). The summed E-state index contributed by atoms with van der Waals surface area (Å²) in [6, 6.07) is 8.52. The standard InChI is InChI=1S/C23H29N3O/c1-4-20(21(16-24)17-26-22-9-10-22)6-5-14-25-15-13-19-7-11-23(12-8-19)27-18(2)3/h4-8,11-18,22,24,26H,9-10H2,1-3H3/b6-5-,15-13+,20-4+,21-17+,24-16?,25-14+. The Labute approximate surface area is 162 Å². The number of rotatable bonds is 10. The first-order valence-corrected chi connectivity index (χ1v) is 9.39. The normalized spacial score (nSPS) is 16.0. The zero-order valence-electron chi connectivity index (χ0n) is 16.4. The van der Waals surface area contributed by atoms with Crippen molar-refractivity contribution in [3.63, 3.8) is 0 Å². The van der Waals surface area contributed by atoms with Crippen LogP contribution in [0.3, 0.4) is 0 Å². The van der Waals surface area contributed by atoms with Crippen molar-refractivity contribution >= 4 is 18.5 Å². The predicted molar refractivity (Wildman–Crippen MR) is 116 cm³/mol. The Morgan fingerprint density at radius 2 is 1.96 bits per heavy atom. The molecule has 1 saturated carbocycles. The summed E-state index contributed by atoms with van der Waals surface area (Å²) in [6.07, 6.45) is 17.2. The van der Waals surface area contributed by atoms with Gasteiger partial charge in [-0.2, -0.15) is 0 Å². The number of allylic oxidation sites excluding steroid dienone is 5. The van der Waals surface area contributed by atoms with Crippen LogP contribution < -0.4 is 10.1 Å². The van der Waals surface area contributed by atoms with Gasteiger partial charge in [0.2, 0.25) is 0 Å². The van der Waals surface area contributed by atoms with Gasteiger partial charge >= 0.3 is 0 Å². The lowest BCUT2D eigenvalue weighted by Gasteiger charge is -2.09. The molecule has 27 heavy (non-hydrogen) atoms. The van der Waals surface area contributed by atoms with E-state index in [0.29, 0.717) is 6.04 Å². The van der Waals surface area contributed by atoms with Gasteiger partial charge in [-0.05, 0) is 69.0 Å². The summed E-state index contributed by atoms with van der Waals surface area (Å²) >= 11 is 0. The number of nitrogens with zero attached hydrogens (tertiary/aromatic N) is 1. The average molecular weight is 364 g/mol. The fraction of sp³-hybridized carbons (Fsp3) is 0.304. The van der Waals surface area contributed by atoms with Gasteiger partial charge in [-0.1, -0.05) is 24.3 Å². The Hall–Kier alpha value is -2.88. The Morgan fingerprint density at radius 3 is 2.56 bits per heavy atom. The van der Waals surface area contributed by atoms with Crippen molar-refractivity contribution in [3.8, 4) is 5.75 Å². The molecular weight excluding hydrogens is 334 g/mol. The molecule has 0 unspecified atom stereocenters. The minimum atomic E-state index is 0.178. The van der Waals surface area contributed by atoms with E-state index in [1.54, 1.807) is 12.4 Å². The van der Waals surface area contributed by atoms with Crippen molar-refractivity contribution in [1.29, 1.82) is 5.41 Å². The summed E-state index contributed by atoms with van der Waals surface area (Å²) in [4.78, 5) is 4.27. The van der Waals surface area contributed by atoms with E-state index in [4.69, 9.17) is 10.1 Å². The number of ether oxygens (including phenoxy) is 1. The smallest absolute Gasteiger partial charge is 0.119 e. The predicted octanol–water partition coefficient (Wildman–Crippen LogP) is 5.30. The molecule has 0 radical (unpaired) electrons. The van der Waals surface area contributed by atoms with Crippen LogP contribution in [-0.4, -0.2) is 24.6 Å². The molecular formula is C23H29N3O. The second-order valence-electron chi connectivity index (χ2n) is 6.64. The molecule has 0 bridgehead atoms. The number of benzene rings is 1. The fourth-order valence-electron chi connectivity index (χ4n) is 2.33. The highest BCUT2D eigenvalue weighted by molar-refractivity contribution is 5.84. The highest BCUT2D eigenvalue weighted by Crippen LogP contribution is 2.19. The maximum absolute atomic E-state index is 7.59. The van der Waals surface area contributed by atoms with Gasteiger partial charge in [0.05, 0.1) is 6.10 Å². The molecule has 0 saturated heterocycles. The Kier molecular flexibility index (Phi) is 8.30. The van der Waals surface area contributed by atoms with Gasteiger partial charge in [-0.25, -0.2) is 0 Å². The van der Waals surface area contributed by atoms with E-state index in [9.17, 15) is 0 Å². The summed E-state index contributed by atoms with van der Waals surface area (Å²) in [5.74, 6) is 0.874. The van der Waals surface area contributed by atoms with E-state index in [1.807, 2.05) is 75.5 Å². The third kappa shape index (κ3) is 7.90. The first kappa shape index (κ1) is 20.4. The van der Waals surface area contributed by atoms with Crippen molar-refractivity contribution in [3.05, 3.63) is 71.6 Å². The van der Waals surface area contributed by atoms with Crippen LogP contribution in [0, 0.1) is 5.41 Å². The Bertz CT molecular complexity index is 748. The molecule has 142 valence electrons. The summed E-state index contributed by atoms with van der Waals surface area (Å²) in [7, 11) is 0. The number of hydrogen-bond donors (Lipinski definition) is 2. The summed E-state index contributed by atoms with van der Waals surface area (Å²) in [6.45, 7) is 6.00. The third-order valence-corrected chi connectivity index (χ3v) is 3.90. The van der Waals surface area contributed by atoms with E-state index < -0.39 is 0 Å². The molecule has 0 aromatic heterocycles. The lowest BCUT2D eigenvalue weighted by atomic mass is 10.1. The second-order valence-corrected chi connectivity index (χ2v) is 6.64. The Balaban J connectivity index is 1.86. The Morgan fingerprint density at radius 1 is 1.22 bits per heavy atom. The maximum Gasteiger partial charge on any atom is 0.119 e. The summed E-state index contributed by atoms with van der Waals surface area (Å²) in [5.41, 5.74) is 2.93. The van der Waals surface area contributed by atoms with Crippen LogP contribution in [0.4, 0.5) is 0 Å². The zero-order chi connectivity index (χ0) is 19.5. The van der Waals surface area contributed by atoms with Crippen LogP contribution in [-0.2, 0) is 0 Å². The van der Waals surface area contributed by atoms with E-state index in [1.165, 1.54) is 19.1 Å². The van der Waals surface area contributed by atoms with Gasteiger partial charge in [0.15, 0.2) is 0 Å². The fourth-order valence-corrected chi connectivity index (χ4v) is 2.33. The van der Waals surface area contributed by atoms with Crippen molar-refractivity contribution in [1.82, 2.24) is 5.32 Å². The maximum atomic E-state index is 7.59. The molecule has 0 spiro atoms. The van der Waals surface area contributed by atoms with Gasteiger partial charge in [0, 0.05) is 36.4 Å². The van der Waals surface area contributed by atoms with Gasteiger partial charge < -0.3 is 15.5 Å². The highest BCUT2D eigenvalue weighted by Gasteiger charge is 2.19. The third-order valence-electron chi connectivity index (χ3n) is 3.90. The van der Waals surface area contributed by atoms with Crippen LogP contribution in [0.25, 0.3) is 6.08 Å². The molecule has 1 aliphatic rings. The molecule has 2 N–H and O–H groups in total. The van der Waals surface area contributed by atoms with Crippen LogP contribution >= 0.6 is 0 Å². The van der Waals surface area contributed by atoms with Crippen LogP contribution in [0.1, 0.15) is 39.2 Å². The van der Waals surface area contributed by atoms with Crippen molar-refractivity contribution in [2.24, 2.45) is 4.99 Å². The van der Waals surface area contributed by atoms with Crippen LogP contribution in [0.2, 0.25) is 0 Å². The van der Waals surface area contributed by atoms with Gasteiger partial charge in [-0.3, -0.25) is 4.99 Å². The lowest BCUT2D eigenvalue weighted by Crippen LogP contribution is -2.09. The lowest BCUT2D eigenvalue weighted by molar-refractivity contribution is 0.242. The average Bonchev–Trinajstić information content (AvgIpc) is 3.48. The van der Waals surface area contributed by atoms with Crippen molar-refractivity contribution < 1.29 is 4.74 Å². The van der Waals surface area contributed by atoms with Crippen LogP contribution in [0.5, 0.6) is 5.75 Å². The molecule has 4 heteroatoms. The molecule has 1 aromatic carbocycles. The monoisotopic (exact) mass is 363 g/mol. The van der Waals surface area contributed by atoms with Crippen molar-refractivity contribution in [2.45, 2.75) is 45.8 Å². The summed E-state index contributed by atoms with van der Waals surface area (Å²) in [5, 5.41) is 10.9. The molecule has 0 aliphatic heterocycles. The molecule has 4 nitrogen and oxygen atoms in total. The van der Waals surface area contributed by atoms with E-state index in [2.05, 4.69) is 10.3 Å². The molecule has 0 heterocycles. The molecule has 1 aliphatic carbocycles. The molecule has 0 amide bonds. The number of aliphatic imine (C=N–C) groups is 1. The molecule has 1 fully saturated rings. The van der Waals surface area contributed by atoms with E-state index in [0.717, 1.165) is 22.5 Å². The van der Waals surface area contributed by atoms with Gasteiger partial charge in [-0.15, -0.1) is 0 Å². The van der Waals surface area contributed by atoms with E-state index in [-0.39, 0.29) is 6.10 Å². The first-order chi connectivity index (χ1) is 13.1. The minimum absolute atomic E-state index is 0.178. The molecule has 1 aromatic rings. The number of nitrogens with one attached hydrogen (secondary N) is 2. The van der Waals surface area contributed by atoms with Gasteiger partial charge in [0.1, 0.15) is 5.75 Å². The topological polar surface area (TPSA) is 57.5 Å². The second kappa shape index (κ2) is 11.0. The SMILES string of the molecule is C/C=C(\C=C/C=N/C=C/c1ccc(OC(C)C)cc1)C(/C=N)=C/NC1CC1.